The number of allylic oxidation sites excluding steroid dienone is 1. The Morgan fingerprint density at radius 2 is 2.46 bits per heavy atom. The van der Waals surface area contributed by atoms with Gasteiger partial charge >= 0.3 is 0 Å². The van der Waals surface area contributed by atoms with Gasteiger partial charge < -0.3 is 10.5 Å². The molecule has 0 aromatic rings. The van der Waals surface area contributed by atoms with Crippen molar-refractivity contribution in [3.63, 3.8) is 0 Å². The van der Waals surface area contributed by atoms with Gasteiger partial charge in [0, 0.05) is 5.75 Å². The summed E-state index contributed by atoms with van der Waals surface area (Å²) >= 11 is 1.49. The van der Waals surface area contributed by atoms with Crippen molar-refractivity contribution in [2.24, 2.45) is 5.73 Å². The highest BCUT2D eigenvalue weighted by Crippen LogP contribution is 2.34. The number of nitrogens with two attached hydrogens (primary N) is 1. The number of hydrogen-bond acceptors (Lipinski definition) is 4. The van der Waals surface area contributed by atoms with Crippen LogP contribution in [0.1, 0.15) is 26.7 Å². The number of nitriles is 1. The average molecular weight is 198 g/mol. The first-order valence-electron chi connectivity index (χ1n) is 4.33. The average Bonchev–Trinajstić information content (AvgIpc) is 2.04. The zero-order valence-electron chi connectivity index (χ0n) is 7.96. The first-order valence-corrected chi connectivity index (χ1v) is 5.31. The largest absolute Gasteiger partial charge is 0.471 e. The van der Waals surface area contributed by atoms with Gasteiger partial charge in [-0.2, -0.15) is 5.26 Å². The van der Waals surface area contributed by atoms with Crippen LogP contribution < -0.4 is 5.73 Å². The van der Waals surface area contributed by atoms with Crippen LogP contribution >= 0.6 is 11.8 Å². The molecule has 0 bridgehead atoms. The van der Waals surface area contributed by atoms with E-state index in [4.69, 9.17) is 15.7 Å². The third-order valence-electron chi connectivity index (χ3n) is 1.98. The fourth-order valence-corrected chi connectivity index (χ4v) is 2.28. The fraction of sp³-hybridized carbons (Fsp3) is 0.667. The Morgan fingerprint density at radius 1 is 1.77 bits per heavy atom. The summed E-state index contributed by atoms with van der Waals surface area (Å²) in [7, 11) is 0. The van der Waals surface area contributed by atoms with Crippen molar-refractivity contribution >= 4 is 11.8 Å². The molecule has 3 nitrogen and oxygen atoms in total. The smallest absolute Gasteiger partial charge is 0.209 e. The van der Waals surface area contributed by atoms with Crippen molar-refractivity contribution in [1.29, 1.82) is 5.26 Å². The minimum Gasteiger partial charge on any atom is -0.471 e. The maximum Gasteiger partial charge on any atom is 0.209 e. The molecule has 1 aliphatic heterocycles. The Balaban J connectivity index is 2.73. The zero-order chi connectivity index (χ0) is 9.90. The van der Waals surface area contributed by atoms with Gasteiger partial charge in [-0.25, -0.2) is 0 Å². The topological polar surface area (TPSA) is 59.0 Å². The number of rotatable bonds is 2. The lowest BCUT2D eigenvalue weighted by molar-refractivity contribution is 0.0265. The molecule has 1 unspecified atom stereocenters. The molecule has 0 saturated carbocycles. The number of nitrogens with zero attached hydrogens (tertiary/aromatic N) is 1. The second-order valence-corrected chi connectivity index (χ2v) is 4.38. The molecule has 1 atom stereocenters. The molecule has 0 amide bonds. The van der Waals surface area contributed by atoms with Crippen molar-refractivity contribution in [2.75, 3.05) is 5.75 Å². The predicted molar refractivity (Wildman–Crippen MR) is 53.7 cm³/mol. The lowest BCUT2D eigenvalue weighted by Crippen LogP contribution is -2.36. The molecule has 0 aromatic heterocycles. The Labute approximate surface area is 82.9 Å². The Kier molecular flexibility index (Phi) is 3.10. The maximum absolute atomic E-state index is 8.67. The molecular weight excluding hydrogens is 184 g/mol. The summed E-state index contributed by atoms with van der Waals surface area (Å²) in [5.41, 5.74) is 5.42. The number of thioether (sulfide) groups is 1. The SMILES string of the molecule is CCCC1(C)CSC(C#N)=C(N)O1. The van der Waals surface area contributed by atoms with Crippen LogP contribution in [0.3, 0.4) is 0 Å². The quantitative estimate of drug-likeness (QED) is 0.737. The molecule has 0 aromatic carbocycles. The van der Waals surface area contributed by atoms with Gasteiger partial charge in [0.2, 0.25) is 5.88 Å². The standard InChI is InChI=1S/C9H14N2OS/c1-3-4-9(2)6-13-7(5-10)8(11)12-9/h3-4,6,11H2,1-2H3. The summed E-state index contributed by atoms with van der Waals surface area (Å²) in [6, 6.07) is 2.03. The zero-order valence-corrected chi connectivity index (χ0v) is 8.78. The summed E-state index contributed by atoms with van der Waals surface area (Å²) in [6.45, 7) is 4.14. The van der Waals surface area contributed by atoms with Crippen LogP contribution in [0.2, 0.25) is 0 Å². The molecule has 0 aliphatic carbocycles. The second kappa shape index (κ2) is 3.93. The van der Waals surface area contributed by atoms with E-state index in [1.807, 2.05) is 13.0 Å². The summed E-state index contributed by atoms with van der Waals surface area (Å²) in [6.07, 6.45) is 2.03. The highest BCUT2D eigenvalue weighted by Gasteiger charge is 2.31. The van der Waals surface area contributed by atoms with Crippen LogP contribution in [-0.4, -0.2) is 11.4 Å². The molecule has 0 radical (unpaired) electrons. The Bertz CT molecular complexity index is 269. The van der Waals surface area contributed by atoms with Crippen molar-refractivity contribution in [2.45, 2.75) is 32.3 Å². The van der Waals surface area contributed by atoms with Crippen LogP contribution in [0.15, 0.2) is 10.8 Å². The van der Waals surface area contributed by atoms with Gasteiger partial charge in [-0.3, -0.25) is 0 Å². The lowest BCUT2D eigenvalue weighted by atomic mass is 10.0. The fourth-order valence-electron chi connectivity index (χ4n) is 1.38. The van der Waals surface area contributed by atoms with E-state index in [1.165, 1.54) is 11.8 Å². The number of hydrogen-bond donors (Lipinski definition) is 1. The van der Waals surface area contributed by atoms with Gasteiger partial charge in [0.25, 0.3) is 0 Å². The molecule has 0 saturated heterocycles. The van der Waals surface area contributed by atoms with E-state index < -0.39 is 0 Å². The molecule has 0 spiro atoms. The summed E-state index contributed by atoms with van der Waals surface area (Å²) in [4.78, 5) is 0.508. The third kappa shape index (κ3) is 2.31. The highest BCUT2D eigenvalue weighted by atomic mass is 32.2. The molecule has 1 heterocycles. The van der Waals surface area contributed by atoms with E-state index in [0.29, 0.717) is 4.91 Å². The lowest BCUT2D eigenvalue weighted by Gasteiger charge is -2.33. The summed E-state index contributed by atoms with van der Waals surface area (Å²) in [5.74, 6) is 1.10. The second-order valence-electron chi connectivity index (χ2n) is 3.40. The van der Waals surface area contributed by atoms with Crippen LogP contribution in [-0.2, 0) is 4.74 Å². The molecule has 1 aliphatic rings. The van der Waals surface area contributed by atoms with Gasteiger partial charge in [-0.05, 0) is 13.3 Å². The van der Waals surface area contributed by atoms with Gasteiger partial charge in [-0.1, -0.05) is 13.3 Å². The minimum absolute atomic E-state index is 0.191. The van der Waals surface area contributed by atoms with Crippen LogP contribution in [0.4, 0.5) is 0 Å². The normalized spacial score (nSPS) is 28.1. The maximum atomic E-state index is 8.67. The molecule has 72 valence electrons. The molecule has 2 N–H and O–H groups in total. The van der Waals surface area contributed by atoms with E-state index in [0.717, 1.165) is 18.6 Å². The van der Waals surface area contributed by atoms with Crippen LogP contribution in [0.25, 0.3) is 0 Å². The van der Waals surface area contributed by atoms with E-state index in [9.17, 15) is 0 Å². The molecule has 4 heteroatoms. The van der Waals surface area contributed by atoms with Crippen molar-refractivity contribution < 1.29 is 4.74 Å². The minimum atomic E-state index is -0.191. The monoisotopic (exact) mass is 198 g/mol. The van der Waals surface area contributed by atoms with Gasteiger partial charge in [0.15, 0.2) is 0 Å². The van der Waals surface area contributed by atoms with E-state index in [1.54, 1.807) is 0 Å². The first-order chi connectivity index (χ1) is 6.11. The molecular formula is C9H14N2OS. The molecule has 13 heavy (non-hydrogen) atoms. The molecule has 0 fully saturated rings. The van der Waals surface area contributed by atoms with Crippen molar-refractivity contribution in [3.8, 4) is 6.07 Å². The van der Waals surface area contributed by atoms with Crippen LogP contribution in [0, 0.1) is 11.3 Å². The van der Waals surface area contributed by atoms with Crippen LogP contribution in [0.5, 0.6) is 0 Å². The first kappa shape index (κ1) is 10.3. The highest BCUT2D eigenvalue weighted by molar-refractivity contribution is 8.03. The number of ether oxygens (including phenoxy) is 1. The Morgan fingerprint density at radius 3 is 2.92 bits per heavy atom. The van der Waals surface area contributed by atoms with Crippen molar-refractivity contribution in [3.05, 3.63) is 10.8 Å². The Hall–Kier alpha value is -0.820. The van der Waals surface area contributed by atoms with E-state index in [-0.39, 0.29) is 11.5 Å². The predicted octanol–water partition coefficient (Wildman–Crippen LogP) is 1.96. The van der Waals surface area contributed by atoms with Crippen molar-refractivity contribution in [1.82, 2.24) is 0 Å². The van der Waals surface area contributed by atoms with E-state index >= 15 is 0 Å². The van der Waals surface area contributed by atoms with Gasteiger partial charge in [0.1, 0.15) is 16.6 Å². The van der Waals surface area contributed by atoms with Gasteiger partial charge in [0.05, 0.1) is 0 Å². The third-order valence-corrected chi connectivity index (χ3v) is 3.32. The summed E-state index contributed by atoms with van der Waals surface area (Å²) in [5, 5.41) is 8.67. The van der Waals surface area contributed by atoms with E-state index in [2.05, 4.69) is 6.92 Å². The van der Waals surface area contributed by atoms with Gasteiger partial charge in [-0.15, -0.1) is 11.8 Å². The summed E-state index contributed by atoms with van der Waals surface area (Å²) < 4.78 is 5.53. The molecule has 1 rings (SSSR count).